The predicted molar refractivity (Wildman–Crippen MR) is 80.1 cm³/mol. The first-order valence-electron chi connectivity index (χ1n) is 7.03. The fraction of sp³-hybridized carbons (Fsp3) is 0.571. The molecule has 5 nitrogen and oxygen atoms in total. The van der Waals surface area contributed by atoms with Crippen LogP contribution in [-0.2, 0) is 21.3 Å². The van der Waals surface area contributed by atoms with Gasteiger partial charge in [-0.1, -0.05) is 18.2 Å². The van der Waals surface area contributed by atoms with E-state index in [2.05, 4.69) is 0 Å². The smallest absolute Gasteiger partial charge is 0.360 e. The molecule has 1 saturated heterocycles. The number of nitrogens with one attached hydrogen (secondary N) is 1. The number of hydrogen-bond acceptors (Lipinski definition) is 4. The predicted octanol–water partition coefficient (Wildman–Crippen LogP) is 2.91. The first kappa shape index (κ1) is 18.0. The maximum atomic E-state index is 12.5. The maximum absolute atomic E-state index is 12.5. The highest BCUT2D eigenvalue weighted by Gasteiger charge is 2.46. The lowest BCUT2D eigenvalue weighted by Gasteiger charge is -2.37. The Bertz CT molecular complexity index is 649. The molecule has 0 unspecified atom stereocenters. The summed E-state index contributed by atoms with van der Waals surface area (Å²) in [6, 6.07) is 6.03. The Morgan fingerprint density at radius 3 is 2.52 bits per heavy atom. The summed E-state index contributed by atoms with van der Waals surface area (Å²) in [5.74, 6) is 0. The summed E-state index contributed by atoms with van der Waals surface area (Å²) in [6.07, 6.45) is 0.781. The monoisotopic (exact) mass is 352 g/mol. The lowest BCUT2D eigenvalue weighted by molar-refractivity contribution is -0.121. The van der Waals surface area contributed by atoms with Crippen molar-refractivity contribution in [1.29, 1.82) is 0 Å². The van der Waals surface area contributed by atoms with Gasteiger partial charge in [0.05, 0.1) is 18.0 Å². The third-order valence-electron chi connectivity index (χ3n) is 3.63. The molecule has 2 rings (SSSR count). The van der Waals surface area contributed by atoms with Gasteiger partial charge >= 0.3 is 15.5 Å². The largest absolute Gasteiger partial charge is 0.516 e. The van der Waals surface area contributed by atoms with Crippen LogP contribution >= 0.6 is 0 Å². The topological polar surface area (TPSA) is 58.6 Å². The molecule has 0 amide bonds. The highest BCUT2D eigenvalue weighted by Crippen LogP contribution is 2.28. The zero-order chi connectivity index (χ0) is 17.3. The molecular formula is C14H19F3N2O3S. The Hall–Kier alpha value is -1.32. The average molecular weight is 352 g/mol. The molecule has 0 bridgehead atoms. The number of rotatable bonds is 4. The van der Waals surface area contributed by atoms with Crippen molar-refractivity contribution < 1.29 is 26.3 Å². The molecule has 23 heavy (non-hydrogen) atoms. The van der Waals surface area contributed by atoms with Gasteiger partial charge in [0.15, 0.2) is 0 Å². The minimum atomic E-state index is -5.43. The van der Waals surface area contributed by atoms with E-state index in [1.807, 2.05) is 18.7 Å². The van der Waals surface area contributed by atoms with Gasteiger partial charge in [-0.15, -0.1) is 0 Å². The van der Waals surface area contributed by atoms with Crippen LogP contribution in [0.1, 0.15) is 25.8 Å². The highest BCUT2D eigenvalue weighted by molar-refractivity contribution is 7.93. The van der Waals surface area contributed by atoms with Crippen molar-refractivity contribution in [2.24, 2.45) is 0 Å². The zero-order valence-electron chi connectivity index (χ0n) is 12.9. The molecule has 1 aromatic carbocycles. The van der Waals surface area contributed by atoms with E-state index in [9.17, 15) is 21.6 Å². The van der Waals surface area contributed by atoms with Crippen LogP contribution in [0.4, 0.5) is 18.9 Å². The average Bonchev–Trinajstić information content (AvgIpc) is 2.41. The Balaban J connectivity index is 2.13. The Labute approximate surface area is 133 Å². The summed E-state index contributed by atoms with van der Waals surface area (Å²) in [5.41, 5.74) is -5.19. The summed E-state index contributed by atoms with van der Waals surface area (Å²) in [7, 11) is -5.43. The van der Waals surface area contributed by atoms with Gasteiger partial charge in [0.25, 0.3) is 0 Å². The molecule has 0 spiro atoms. The van der Waals surface area contributed by atoms with Crippen molar-refractivity contribution in [2.45, 2.75) is 37.9 Å². The van der Waals surface area contributed by atoms with Gasteiger partial charge in [0, 0.05) is 13.1 Å². The van der Waals surface area contributed by atoms with Crippen LogP contribution in [0, 0.1) is 0 Å². The SMILES string of the molecule is CC1(C)CCN(Cc2ccccc2NS(=O)(=O)C(F)(F)F)CO1. The van der Waals surface area contributed by atoms with Crippen LogP contribution in [-0.4, -0.2) is 37.7 Å². The number of para-hydroxylation sites is 1. The molecule has 1 fully saturated rings. The molecule has 0 radical (unpaired) electrons. The van der Waals surface area contributed by atoms with Crippen molar-refractivity contribution in [2.75, 3.05) is 18.0 Å². The van der Waals surface area contributed by atoms with Crippen molar-refractivity contribution in [3.63, 3.8) is 0 Å². The van der Waals surface area contributed by atoms with Crippen molar-refractivity contribution in [3.05, 3.63) is 29.8 Å². The Kier molecular flexibility index (Phi) is 4.93. The Morgan fingerprint density at radius 2 is 1.96 bits per heavy atom. The number of halogens is 3. The molecule has 0 atom stereocenters. The third kappa shape index (κ3) is 4.58. The van der Waals surface area contributed by atoms with Crippen LogP contribution in [0.5, 0.6) is 0 Å². The Morgan fingerprint density at radius 1 is 1.30 bits per heavy atom. The molecule has 1 N–H and O–H groups in total. The van der Waals surface area contributed by atoms with Gasteiger partial charge in [-0.25, -0.2) is 0 Å². The van der Waals surface area contributed by atoms with E-state index < -0.39 is 15.5 Å². The summed E-state index contributed by atoms with van der Waals surface area (Å²) >= 11 is 0. The molecule has 130 valence electrons. The maximum Gasteiger partial charge on any atom is 0.516 e. The molecule has 1 aliphatic rings. The number of ether oxygens (including phenoxy) is 1. The van der Waals surface area contributed by atoms with Gasteiger partial charge in [0.2, 0.25) is 0 Å². The second kappa shape index (κ2) is 6.29. The standard InChI is InChI=1S/C14H19F3N2O3S/c1-13(2)7-8-19(10-22-13)9-11-5-3-4-6-12(11)18-23(20,21)14(15,16)17/h3-6,18H,7-10H2,1-2H3. The molecule has 1 aromatic rings. The number of nitrogens with zero attached hydrogens (tertiary/aromatic N) is 1. The molecule has 0 saturated carbocycles. The first-order valence-corrected chi connectivity index (χ1v) is 8.52. The summed E-state index contributed by atoms with van der Waals surface area (Å²) < 4.78 is 67.4. The minimum absolute atomic E-state index is 0.0744. The number of anilines is 1. The molecule has 9 heteroatoms. The van der Waals surface area contributed by atoms with Crippen molar-refractivity contribution in [3.8, 4) is 0 Å². The van der Waals surface area contributed by atoms with Gasteiger partial charge in [0.1, 0.15) is 0 Å². The van der Waals surface area contributed by atoms with Gasteiger partial charge in [-0.2, -0.15) is 21.6 Å². The minimum Gasteiger partial charge on any atom is -0.360 e. The number of alkyl halides is 3. The fourth-order valence-corrected chi connectivity index (χ4v) is 2.76. The second-order valence-electron chi connectivity index (χ2n) is 6.04. The van der Waals surface area contributed by atoms with Crippen LogP contribution in [0.15, 0.2) is 24.3 Å². The molecule has 0 aliphatic carbocycles. The van der Waals surface area contributed by atoms with Gasteiger partial charge in [-0.3, -0.25) is 9.62 Å². The van der Waals surface area contributed by atoms with E-state index in [-0.39, 0.29) is 11.3 Å². The highest BCUT2D eigenvalue weighted by atomic mass is 32.2. The number of benzene rings is 1. The lowest BCUT2D eigenvalue weighted by atomic mass is 10.0. The normalized spacial score (nSPS) is 19.5. The molecular weight excluding hydrogens is 333 g/mol. The van der Waals surface area contributed by atoms with E-state index >= 15 is 0 Å². The van der Waals surface area contributed by atoms with Crippen LogP contribution in [0.2, 0.25) is 0 Å². The third-order valence-corrected chi connectivity index (χ3v) is 4.73. The van der Waals surface area contributed by atoms with Crippen LogP contribution in [0.3, 0.4) is 0 Å². The van der Waals surface area contributed by atoms with Gasteiger partial charge < -0.3 is 4.74 Å². The van der Waals surface area contributed by atoms with E-state index in [0.29, 0.717) is 25.4 Å². The van der Waals surface area contributed by atoms with E-state index in [1.54, 1.807) is 16.9 Å². The fourth-order valence-electron chi connectivity index (χ4n) is 2.16. The lowest BCUT2D eigenvalue weighted by Crippen LogP contribution is -2.42. The quantitative estimate of drug-likeness (QED) is 0.905. The van der Waals surface area contributed by atoms with Crippen molar-refractivity contribution in [1.82, 2.24) is 4.90 Å². The summed E-state index contributed by atoms with van der Waals surface area (Å²) in [6.45, 7) is 5.29. The van der Waals surface area contributed by atoms with Crippen molar-refractivity contribution >= 4 is 15.7 Å². The first-order chi connectivity index (χ1) is 10.5. The molecule has 1 heterocycles. The van der Waals surface area contributed by atoms with Crippen LogP contribution < -0.4 is 4.72 Å². The molecule has 1 aliphatic heterocycles. The zero-order valence-corrected chi connectivity index (χ0v) is 13.7. The van der Waals surface area contributed by atoms with Crippen LogP contribution in [0.25, 0.3) is 0 Å². The van der Waals surface area contributed by atoms with E-state index in [0.717, 1.165) is 6.42 Å². The summed E-state index contributed by atoms with van der Waals surface area (Å²) in [4.78, 5) is 1.91. The van der Waals surface area contributed by atoms with Gasteiger partial charge in [-0.05, 0) is 31.9 Å². The number of sulfonamides is 1. The van der Waals surface area contributed by atoms with E-state index in [4.69, 9.17) is 4.74 Å². The summed E-state index contributed by atoms with van der Waals surface area (Å²) in [5, 5.41) is 0. The number of hydrogen-bond donors (Lipinski definition) is 1. The molecule has 0 aromatic heterocycles. The second-order valence-corrected chi connectivity index (χ2v) is 7.72. The van der Waals surface area contributed by atoms with E-state index in [1.165, 1.54) is 12.1 Å².